The van der Waals surface area contributed by atoms with Crippen molar-refractivity contribution >= 4 is 11.8 Å². The summed E-state index contributed by atoms with van der Waals surface area (Å²) >= 11 is 0. The normalized spacial score (nSPS) is 19.9. The van der Waals surface area contributed by atoms with E-state index in [0.29, 0.717) is 12.4 Å². The van der Waals surface area contributed by atoms with E-state index in [1.165, 1.54) is 24.8 Å². The summed E-state index contributed by atoms with van der Waals surface area (Å²) in [5.41, 5.74) is 0.243. The summed E-state index contributed by atoms with van der Waals surface area (Å²) in [4.78, 5) is 14.9. The Hall–Kier alpha value is -1.62. The van der Waals surface area contributed by atoms with Crippen LogP contribution in [0.4, 0.5) is 5.82 Å². The van der Waals surface area contributed by atoms with E-state index >= 15 is 0 Å². The van der Waals surface area contributed by atoms with Crippen molar-refractivity contribution in [3.8, 4) is 0 Å². The molecule has 0 saturated carbocycles. The number of nitrogens with zero attached hydrogens (tertiary/aromatic N) is 1. The summed E-state index contributed by atoms with van der Waals surface area (Å²) in [6, 6.07) is 3.01. The SMILES string of the molecule is O=C(O)c1ccnc(NCC2CCCCO2)c1. The van der Waals surface area contributed by atoms with Gasteiger partial charge in [0.15, 0.2) is 0 Å². The van der Waals surface area contributed by atoms with Gasteiger partial charge < -0.3 is 15.2 Å². The Morgan fingerprint density at radius 1 is 1.59 bits per heavy atom. The van der Waals surface area contributed by atoms with Crippen LogP contribution in [0.3, 0.4) is 0 Å². The minimum Gasteiger partial charge on any atom is -0.478 e. The highest BCUT2D eigenvalue weighted by Gasteiger charge is 2.13. The van der Waals surface area contributed by atoms with Crippen molar-refractivity contribution < 1.29 is 14.6 Å². The smallest absolute Gasteiger partial charge is 0.335 e. The van der Waals surface area contributed by atoms with Gasteiger partial charge in [-0.05, 0) is 31.4 Å². The van der Waals surface area contributed by atoms with Gasteiger partial charge in [0, 0.05) is 19.3 Å². The molecular formula is C12H16N2O3. The van der Waals surface area contributed by atoms with Crippen LogP contribution in [-0.4, -0.2) is 35.3 Å². The molecule has 1 aromatic rings. The van der Waals surface area contributed by atoms with Crippen LogP contribution < -0.4 is 5.32 Å². The highest BCUT2D eigenvalue weighted by atomic mass is 16.5. The molecule has 2 rings (SSSR count). The van der Waals surface area contributed by atoms with Gasteiger partial charge in [-0.3, -0.25) is 0 Å². The summed E-state index contributed by atoms with van der Waals surface area (Å²) in [6.45, 7) is 1.49. The zero-order valence-corrected chi connectivity index (χ0v) is 9.56. The number of carboxylic acid groups (broad SMARTS) is 1. The summed E-state index contributed by atoms with van der Waals surface area (Å²) in [6.07, 6.45) is 5.07. The van der Waals surface area contributed by atoms with E-state index in [1.54, 1.807) is 0 Å². The van der Waals surface area contributed by atoms with Gasteiger partial charge in [-0.15, -0.1) is 0 Å². The van der Waals surface area contributed by atoms with E-state index in [4.69, 9.17) is 9.84 Å². The molecule has 2 heterocycles. The Morgan fingerprint density at radius 2 is 2.47 bits per heavy atom. The van der Waals surface area contributed by atoms with Gasteiger partial charge in [0.05, 0.1) is 11.7 Å². The molecule has 0 amide bonds. The molecule has 1 atom stereocenters. The predicted molar refractivity (Wildman–Crippen MR) is 63.3 cm³/mol. The molecule has 2 N–H and O–H groups in total. The number of pyridine rings is 1. The molecule has 0 radical (unpaired) electrons. The maximum Gasteiger partial charge on any atom is 0.335 e. The molecule has 1 aromatic heterocycles. The van der Waals surface area contributed by atoms with E-state index in [0.717, 1.165) is 19.4 Å². The van der Waals surface area contributed by atoms with Gasteiger partial charge in [0.1, 0.15) is 5.82 Å². The second-order valence-corrected chi connectivity index (χ2v) is 4.10. The molecule has 92 valence electrons. The lowest BCUT2D eigenvalue weighted by atomic mass is 10.1. The Balaban J connectivity index is 1.89. The molecule has 1 aliphatic heterocycles. The first-order chi connectivity index (χ1) is 8.25. The summed E-state index contributed by atoms with van der Waals surface area (Å²) < 4.78 is 5.57. The fourth-order valence-corrected chi connectivity index (χ4v) is 1.85. The Morgan fingerprint density at radius 3 is 3.18 bits per heavy atom. The van der Waals surface area contributed by atoms with Gasteiger partial charge in [0.25, 0.3) is 0 Å². The van der Waals surface area contributed by atoms with Crippen molar-refractivity contribution in [2.75, 3.05) is 18.5 Å². The molecule has 17 heavy (non-hydrogen) atoms. The van der Waals surface area contributed by atoms with E-state index in [1.807, 2.05) is 0 Å². The quantitative estimate of drug-likeness (QED) is 0.833. The molecule has 0 spiro atoms. The van der Waals surface area contributed by atoms with Crippen LogP contribution >= 0.6 is 0 Å². The van der Waals surface area contributed by atoms with Crippen LogP contribution in [-0.2, 0) is 4.74 Å². The number of rotatable bonds is 4. The number of carboxylic acids is 1. The predicted octanol–water partition coefficient (Wildman–Crippen LogP) is 1.76. The lowest BCUT2D eigenvalue weighted by Crippen LogP contribution is -2.27. The molecule has 1 aliphatic rings. The third-order valence-electron chi connectivity index (χ3n) is 2.79. The minimum absolute atomic E-state index is 0.207. The first-order valence-corrected chi connectivity index (χ1v) is 5.80. The van der Waals surface area contributed by atoms with Crippen molar-refractivity contribution in [3.05, 3.63) is 23.9 Å². The third-order valence-corrected chi connectivity index (χ3v) is 2.79. The maximum atomic E-state index is 10.8. The van der Waals surface area contributed by atoms with Gasteiger partial charge >= 0.3 is 5.97 Å². The summed E-state index contributed by atoms with van der Waals surface area (Å²) in [5, 5.41) is 12.0. The number of nitrogens with one attached hydrogen (secondary N) is 1. The molecule has 1 fully saturated rings. The topological polar surface area (TPSA) is 71.5 Å². The highest BCUT2D eigenvalue weighted by molar-refractivity contribution is 5.88. The van der Waals surface area contributed by atoms with Crippen LogP contribution in [0.1, 0.15) is 29.6 Å². The zero-order valence-electron chi connectivity index (χ0n) is 9.56. The first kappa shape index (κ1) is 11.9. The number of ether oxygens (including phenoxy) is 1. The van der Waals surface area contributed by atoms with Crippen molar-refractivity contribution in [3.63, 3.8) is 0 Å². The Kier molecular flexibility index (Phi) is 3.93. The fourth-order valence-electron chi connectivity index (χ4n) is 1.85. The molecule has 5 heteroatoms. The average molecular weight is 236 g/mol. The number of anilines is 1. The second-order valence-electron chi connectivity index (χ2n) is 4.10. The largest absolute Gasteiger partial charge is 0.478 e. The van der Waals surface area contributed by atoms with E-state index in [2.05, 4.69) is 10.3 Å². The number of hydrogen-bond acceptors (Lipinski definition) is 4. The molecule has 0 bridgehead atoms. The van der Waals surface area contributed by atoms with Crippen molar-refractivity contribution in [1.82, 2.24) is 4.98 Å². The van der Waals surface area contributed by atoms with Gasteiger partial charge in [0.2, 0.25) is 0 Å². The van der Waals surface area contributed by atoms with Crippen LogP contribution in [0.2, 0.25) is 0 Å². The third kappa shape index (κ3) is 3.42. The Labute approximate surface area is 99.8 Å². The lowest BCUT2D eigenvalue weighted by molar-refractivity contribution is 0.0247. The molecule has 1 unspecified atom stereocenters. The van der Waals surface area contributed by atoms with Crippen LogP contribution in [0.5, 0.6) is 0 Å². The highest BCUT2D eigenvalue weighted by Crippen LogP contribution is 2.14. The standard InChI is InChI=1S/C12H16N2O3/c15-12(16)9-4-5-13-11(7-9)14-8-10-3-1-2-6-17-10/h4-5,7,10H,1-3,6,8H2,(H,13,14)(H,15,16). The zero-order chi connectivity index (χ0) is 12.1. The molecular weight excluding hydrogens is 220 g/mol. The first-order valence-electron chi connectivity index (χ1n) is 5.80. The number of aromatic nitrogens is 1. The van der Waals surface area contributed by atoms with Crippen molar-refractivity contribution in [2.24, 2.45) is 0 Å². The number of aromatic carboxylic acids is 1. The minimum atomic E-state index is -0.940. The average Bonchev–Trinajstić information content (AvgIpc) is 2.38. The summed E-state index contributed by atoms with van der Waals surface area (Å²) in [5.74, 6) is -0.358. The summed E-state index contributed by atoms with van der Waals surface area (Å²) in [7, 11) is 0. The van der Waals surface area contributed by atoms with Gasteiger partial charge in [-0.2, -0.15) is 0 Å². The van der Waals surface area contributed by atoms with Crippen LogP contribution in [0.25, 0.3) is 0 Å². The molecule has 0 aromatic carbocycles. The van der Waals surface area contributed by atoms with E-state index < -0.39 is 5.97 Å². The van der Waals surface area contributed by atoms with Crippen molar-refractivity contribution in [2.45, 2.75) is 25.4 Å². The molecule has 5 nitrogen and oxygen atoms in total. The van der Waals surface area contributed by atoms with E-state index in [9.17, 15) is 4.79 Å². The second kappa shape index (κ2) is 5.63. The fraction of sp³-hybridized carbons (Fsp3) is 0.500. The lowest BCUT2D eigenvalue weighted by Gasteiger charge is -2.22. The van der Waals surface area contributed by atoms with Crippen LogP contribution in [0, 0.1) is 0 Å². The monoisotopic (exact) mass is 236 g/mol. The van der Waals surface area contributed by atoms with Gasteiger partial charge in [-0.1, -0.05) is 0 Å². The van der Waals surface area contributed by atoms with Gasteiger partial charge in [-0.25, -0.2) is 9.78 Å². The van der Waals surface area contributed by atoms with E-state index in [-0.39, 0.29) is 11.7 Å². The van der Waals surface area contributed by atoms with Crippen molar-refractivity contribution in [1.29, 1.82) is 0 Å². The number of carbonyl (C=O) groups is 1. The Bertz CT molecular complexity index is 389. The molecule has 1 saturated heterocycles. The number of hydrogen-bond donors (Lipinski definition) is 2. The molecule has 0 aliphatic carbocycles. The van der Waals surface area contributed by atoms with Crippen LogP contribution in [0.15, 0.2) is 18.3 Å². The maximum absolute atomic E-state index is 10.8.